The first kappa shape index (κ1) is 12.1. The number of nitrogens with one attached hydrogen (secondary N) is 1. The van der Waals surface area contributed by atoms with Crippen molar-refractivity contribution in [1.29, 1.82) is 0 Å². The summed E-state index contributed by atoms with van der Waals surface area (Å²) in [5.41, 5.74) is 0.920. The first-order chi connectivity index (χ1) is 8.20. The van der Waals surface area contributed by atoms with Crippen LogP contribution in [0.5, 0.6) is 0 Å². The Morgan fingerprint density at radius 3 is 2.88 bits per heavy atom. The molecular weight excluding hydrogens is 218 g/mol. The molecule has 1 fully saturated rings. The molecule has 0 bridgehead atoms. The third kappa shape index (κ3) is 2.85. The number of H-pyrrole nitrogens is 1. The molecule has 1 heterocycles. The highest BCUT2D eigenvalue weighted by atomic mass is 16.3. The Hall–Kier alpha value is -1.36. The summed E-state index contributed by atoms with van der Waals surface area (Å²) in [6, 6.07) is 0. The van der Waals surface area contributed by atoms with Crippen molar-refractivity contribution in [2.24, 2.45) is 5.92 Å². The monoisotopic (exact) mass is 237 g/mol. The van der Waals surface area contributed by atoms with Gasteiger partial charge >= 0.3 is 0 Å². The van der Waals surface area contributed by atoms with E-state index in [-0.39, 0.29) is 18.4 Å². The van der Waals surface area contributed by atoms with Gasteiger partial charge in [-0.15, -0.1) is 0 Å². The van der Waals surface area contributed by atoms with Gasteiger partial charge in [0.2, 0.25) is 5.91 Å². The van der Waals surface area contributed by atoms with E-state index in [0.29, 0.717) is 13.1 Å². The maximum atomic E-state index is 12.1. The zero-order chi connectivity index (χ0) is 12.3. The Labute approximate surface area is 101 Å². The fourth-order valence-corrected chi connectivity index (χ4v) is 2.06. The largest absolute Gasteiger partial charge is 0.395 e. The predicted molar refractivity (Wildman–Crippen MR) is 63.2 cm³/mol. The fourth-order valence-electron chi connectivity index (χ4n) is 2.06. The van der Waals surface area contributed by atoms with Gasteiger partial charge in [0, 0.05) is 12.5 Å². The van der Waals surface area contributed by atoms with Crippen molar-refractivity contribution in [2.45, 2.75) is 32.7 Å². The quantitative estimate of drug-likeness (QED) is 0.797. The van der Waals surface area contributed by atoms with Crippen molar-refractivity contribution in [3.63, 3.8) is 0 Å². The number of nitrogens with zero attached hydrogens (tertiary/aromatic N) is 2. The van der Waals surface area contributed by atoms with E-state index in [0.717, 1.165) is 30.8 Å². The summed E-state index contributed by atoms with van der Waals surface area (Å²) in [6.07, 6.45) is 4.87. The Kier molecular flexibility index (Phi) is 3.78. The van der Waals surface area contributed by atoms with E-state index in [9.17, 15) is 4.79 Å². The number of carbonyl (C=O) groups excluding carboxylic acids is 1. The first-order valence-electron chi connectivity index (χ1n) is 6.11. The second-order valence-electron chi connectivity index (χ2n) is 4.61. The molecule has 1 aliphatic carbocycles. The Bertz CT molecular complexity index is 385. The van der Waals surface area contributed by atoms with Gasteiger partial charge in [-0.25, -0.2) is 4.98 Å². The molecule has 0 atom stereocenters. The standard InChI is InChI=1S/C12H19N3O2/c1-9-13-7-11(14-9)8-15(5-6-16)12(17)10-3-2-4-10/h7,10,16H,2-6,8H2,1H3,(H,13,14). The topological polar surface area (TPSA) is 69.2 Å². The molecule has 0 radical (unpaired) electrons. The van der Waals surface area contributed by atoms with Crippen LogP contribution >= 0.6 is 0 Å². The molecule has 17 heavy (non-hydrogen) atoms. The van der Waals surface area contributed by atoms with E-state index in [1.807, 2.05) is 6.92 Å². The molecule has 0 spiro atoms. The minimum atomic E-state index is 0.00554. The summed E-state index contributed by atoms with van der Waals surface area (Å²) >= 11 is 0. The number of aliphatic hydroxyl groups is 1. The Morgan fingerprint density at radius 2 is 2.41 bits per heavy atom. The molecule has 5 nitrogen and oxygen atoms in total. The van der Waals surface area contributed by atoms with E-state index in [2.05, 4.69) is 9.97 Å². The number of hydrogen-bond acceptors (Lipinski definition) is 3. The van der Waals surface area contributed by atoms with Gasteiger partial charge in [0.05, 0.1) is 25.0 Å². The predicted octanol–water partition coefficient (Wildman–Crippen LogP) is 0.839. The molecule has 0 aliphatic heterocycles. The van der Waals surface area contributed by atoms with Gasteiger partial charge in [0.1, 0.15) is 5.82 Å². The summed E-state index contributed by atoms with van der Waals surface area (Å²) in [5.74, 6) is 1.18. The molecule has 1 aromatic rings. The average Bonchev–Trinajstić information content (AvgIpc) is 2.61. The van der Waals surface area contributed by atoms with E-state index in [1.165, 1.54) is 0 Å². The molecule has 5 heteroatoms. The zero-order valence-electron chi connectivity index (χ0n) is 10.1. The van der Waals surface area contributed by atoms with E-state index in [1.54, 1.807) is 11.1 Å². The van der Waals surface area contributed by atoms with Gasteiger partial charge in [-0.3, -0.25) is 4.79 Å². The van der Waals surface area contributed by atoms with Crippen LogP contribution < -0.4 is 0 Å². The summed E-state index contributed by atoms with van der Waals surface area (Å²) in [5, 5.41) is 9.02. The summed E-state index contributed by atoms with van der Waals surface area (Å²) in [4.78, 5) is 21.0. The molecule has 1 saturated carbocycles. The highest BCUT2D eigenvalue weighted by molar-refractivity contribution is 5.79. The van der Waals surface area contributed by atoms with Gasteiger partial charge in [-0.2, -0.15) is 0 Å². The van der Waals surface area contributed by atoms with Crippen molar-refractivity contribution >= 4 is 5.91 Å². The number of hydrogen-bond donors (Lipinski definition) is 2. The number of carbonyl (C=O) groups is 1. The molecule has 0 unspecified atom stereocenters. The Morgan fingerprint density at radius 1 is 1.65 bits per heavy atom. The van der Waals surface area contributed by atoms with Crippen LogP contribution in [0.4, 0.5) is 0 Å². The summed E-state index contributed by atoms with van der Waals surface area (Å²) in [7, 11) is 0. The molecule has 2 N–H and O–H groups in total. The number of imidazole rings is 1. The summed E-state index contributed by atoms with van der Waals surface area (Å²) in [6.45, 7) is 2.79. The second-order valence-corrected chi connectivity index (χ2v) is 4.61. The van der Waals surface area contributed by atoms with Crippen molar-refractivity contribution in [2.75, 3.05) is 13.2 Å². The van der Waals surface area contributed by atoms with Crippen molar-refractivity contribution in [3.05, 3.63) is 17.7 Å². The van der Waals surface area contributed by atoms with Gasteiger partial charge in [-0.05, 0) is 19.8 Å². The fraction of sp³-hybridized carbons (Fsp3) is 0.667. The van der Waals surface area contributed by atoms with E-state index in [4.69, 9.17) is 5.11 Å². The number of amides is 1. The number of aromatic nitrogens is 2. The van der Waals surface area contributed by atoms with Crippen LogP contribution in [-0.2, 0) is 11.3 Å². The SMILES string of the molecule is Cc1ncc(CN(CCO)C(=O)C2CCC2)[nH]1. The molecule has 1 aliphatic rings. The van der Waals surface area contributed by atoms with Crippen LogP contribution in [0.2, 0.25) is 0 Å². The van der Waals surface area contributed by atoms with Crippen LogP contribution in [0.3, 0.4) is 0 Å². The smallest absolute Gasteiger partial charge is 0.226 e. The van der Waals surface area contributed by atoms with Gasteiger partial charge in [0.15, 0.2) is 0 Å². The van der Waals surface area contributed by atoms with Gasteiger partial charge in [-0.1, -0.05) is 6.42 Å². The van der Waals surface area contributed by atoms with Crippen molar-refractivity contribution < 1.29 is 9.90 Å². The lowest BCUT2D eigenvalue weighted by Crippen LogP contribution is -2.40. The first-order valence-corrected chi connectivity index (χ1v) is 6.11. The average molecular weight is 237 g/mol. The van der Waals surface area contributed by atoms with Crippen molar-refractivity contribution in [3.8, 4) is 0 Å². The number of rotatable bonds is 5. The van der Waals surface area contributed by atoms with Crippen LogP contribution in [-0.4, -0.2) is 39.0 Å². The number of aromatic amines is 1. The lowest BCUT2D eigenvalue weighted by Gasteiger charge is -2.31. The highest BCUT2D eigenvalue weighted by Crippen LogP contribution is 2.28. The van der Waals surface area contributed by atoms with Gasteiger partial charge in [0.25, 0.3) is 0 Å². The molecule has 2 rings (SSSR count). The van der Waals surface area contributed by atoms with E-state index < -0.39 is 0 Å². The van der Waals surface area contributed by atoms with Crippen LogP contribution in [0.15, 0.2) is 6.20 Å². The van der Waals surface area contributed by atoms with Crippen LogP contribution in [0.1, 0.15) is 30.8 Å². The van der Waals surface area contributed by atoms with E-state index >= 15 is 0 Å². The molecular formula is C12H19N3O2. The third-order valence-electron chi connectivity index (χ3n) is 3.25. The van der Waals surface area contributed by atoms with Crippen molar-refractivity contribution in [1.82, 2.24) is 14.9 Å². The molecule has 1 aromatic heterocycles. The second kappa shape index (κ2) is 5.31. The Balaban J connectivity index is 1.98. The maximum Gasteiger partial charge on any atom is 0.226 e. The minimum absolute atomic E-state index is 0.00554. The molecule has 94 valence electrons. The third-order valence-corrected chi connectivity index (χ3v) is 3.25. The molecule has 1 amide bonds. The lowest BCUT2D eigenvalue weighted by molar-refractivity contribution is -0.139. The summed E-state index contributed by atoms with van der Waals surface area (Å²) < 4.78 is 0. The highest BCUT2D eigenvalue weighted by Gasteiger charge is 2.29. The van der Waals surface area contributed by atoms with Gasteiger partial charge < -0.3 is 15.0 Å². The molecule has 0 aromatic carbocycles. The lowest BCUT2D eigenvalue weighted by atomic mass is 9.84. The van der Waals surface area contributed by atoms with Crippen LogP contribution in [0.25, 0.3) is 0 Å². The normalized spacial score (nSPS) is 15.6. The van der Waals surface area contributed by atoms with Crippen LogP contribution in [0, 0.1) is 12.8 Å². The number of aliphatic hydroxyl groups excluding tert-OH is 1. The number of aryl methyl sites for hydroxylation is 1. The minimum Gasteiger partial charge on any atom is -0.395 e. The zero-order valence-corrected chi connectivity index (χ0v) is 10.1. The molecule has 0 saturated heterocycles. The maximum absolute atomic E-state index is 12.1.